The van der Waals surface area contributed by atoms with Gasteiger partial charge in [-0.25, -0.2) is 9.37 Å². The number of rotatable bonds is 6. The minimum atomic E-state index is -0.394. The topological polar surface area (TPSA) is 81.9 Å². The van der Waals surface area contributed by atoms with Crippen LogP contribution in [0.5, 0.6) is 5.75 Å². The molecule has 4 aromatic rings. The van der Waals surface area contributed by atoms with Crippen molar-refractivity contribution in [2.75, 3.05) is 5.32 Å². The van der Waals surface area contributed by atoms with Gasteiger partial charge in [-0.3, -0.25) is 4.79 Å². The maximum Gasteiger partial charge on any atom is 0.255 e. The second-order valence-electron chi connectivity index (χ2n) is 7.84. The largest absolute Gasteiger partial charge is 0.487 e. The van der Waals surface area contributed by atoms with Crippen molar-refractivity contribution in [3.63, 3.8) is 0 Å². The van der Waals surface area contributed by atoms with Crippen molar-refractivity contribution in [2.24, 2.45) is 0 Å². The number of carbonyl (C=O) groups is 1. The molecule has 0 saturated carbocycles. The molecule has 0 atom stereocenters. The van der Waals surface area contributed by atoms with Gasteiger partial charge in [-0.05, 0) is 55.3 Å². The van der Waals surface area contributed by atoms with E-state index >= 15 is 0 Å². The normalized spacial score (nSPS) is 13.2. The van der Waals surface area contributed by atoms with Gasteiger partial charge in [-0.15, -0.1) is 21.5 Å². The van der Waals surface area contributed by atoms with Crippen molar-refractivity contribution in [3.8, 4) is 17.1 Å². The fraction of sp³-hybridized carbons (Fsp3) is 0.250. The molecule has 9 heteroatoms. The minimum Gasteiger partial charge on any atom is -0.487 e. The number of ether oxygens (including phenoxy) is 1. The minimum absolute atomic E-state index is 0.293. The zero-order chi connectivity index (χ0) is 22.6. The number of amides is 1. The third-order valence-electron chi connectivity index (χ3n) is 5.56. The van der Waals surface area contributed by atoms with E-state index in [9.17, 15) is 9.18 Å². The quantitative estimate of drug-likeness (QED) is 0.430. The molecule has 2 aromatic heterocycles. The Bertz CT molecular complexity index is 1250. The van der Waals surface area contributed by atoms with Crippen LogP contribution in [0.15, 0.2) is 53.4 Å². The van der Waals surface area contributed by atoms with Crippen molar-refractivity contribution in [3.05, 3.63) is 76.3 Å². The third-order valence-corrected chi connectivity index (χ3v) is 6.20. The van der Waals surface area contributed by atoms with Gasteiger partial charge in [0.15, 0.2) is 5.82 Å². The second kappa shape index (κ2) is 9.50. The van der Waals surface area contributed by atoms with Crippen molar-refractivity contribution in [1.29, 1.82) is 0 Å². The molecule has 1 N–H and O–H groups in total. The van der Waals surface area contributed by atoms with E-state index in [-0.39, 0.29) is 5.91 Å². The Morgan fingerprint density at radius 3 is 2.82 bits per heavy atom. The van der Waals surface area contributed by atoms with E-state index in [0.29, 0.717) is 35.0 Å². The SMILES string of the molecule is O=C(Nc1ccc(F)c(-c2nnc3n2CCCCC3)c1)c1ccc(OCc2cscn2)cc1. The number of halogens is 1. The lowest BCUT2D eigenvalue weighted by Crippen LogP contribution is -2.12. The second-order valence-corrected chi connectivity index (χ2v) is 8.56. The van der Waals surface area contributed by atoms with E-state index in [2.05, 4.69) is 20.5 Å². The molecule has 7 nitrogen and oxygen atoms in total. The number of fused-ring (bicyclic) bond motifs is 1. The highest BCUT2D eigenvalue weighted by Crippen LogP contribution is 2.28. The van der Waals surface area contributed by atoms with E-state index in [0.717, 1.165) is 43.7 Å². The van der Waals surface area contributed by atoms with E-state index in [1.54, 1.807) is 41.9 Å². The van der Waals surface area contributed by atoms with E-state index in [1.165, 1.54) is 17.4 Å². The van der Waals surface area contributed by atoms with Crippen LogP contribution in [0.1, 0.15) is 41.1 Å². The molecule has 2 aromatic carbocycles. The summed E-state index contributed by atoms with van der Waals surface area (Å²) in [6.45, 7) is 1.14. The summed E-state index contributed by atoms with van der Waals surface area (Å²) in [5, 5.41) is 13.3. The zero-order valence-corrected chi connectivity index (χ0v) is 18.6. The van der Waals surface area contributed by atoms with Crippen LogP contribution in [0.3, 0.4) is 0 Å². The lowest BCUT2D eigenvalue weighted by molar-refractivity contribution is 0.102. The molecule has 0 saturated heterocycles. The Morgan fingerprint density at radius 2 is 2.00 bits per heavy atom. The van der Waals surface area contributed by atoms with Crippen LogP contribution in [0.4, 0.5) is 10.1 Å². The number of carbonyl (C=O) groups excluding carboxylic acids is 1. The zero-order valence-electron chi connectivity index (χ0n) is 17.8. The Morgan fingerprint density at radius 1 is 1.12 bits per heavy atom. The number of thiazole rings is 1. The first-order chi connectivity index (χ1) is 16.2. The first-order valence-electron chi connectivity index (χ1n) is 10.8. The molecular formula is C24H22FN5O2S. The average Bonchev–Trinajstić information content (AvgIpc) is 3.44. The van der Waals surface area contributed by atoms with Crippen molar-refractivity contribution in [1.82, 2.24) is 19.7 Å². The summed E-state index contributed by atoms with van der Waals surface area (Å²) in [6, 6.07) is 11.4. The highest BCUT2D eigenvalue weighted by Gasteiger charge is 2.19. The fourth-order valence-corrected chi connectivity index (χ4v) is 4.37. The Kier molecular flexibility index (Phi) is 6.12. The number of benzene rings is 2. The average molecular weight is 464 g/mol. The van der Waals surface area contributed by atoms with Gasteiger partial charge < -0.3 is 14.6 Å². The number of nitrogens with one attached hydrogen (secondary N) is 1. The van der Waals surface area contributed by atoms with Crippen LogP contribution >= 0.6 is 11.3 Å². The van der Waals surface area contributed by atoms with Gasteiger partial charge in [0.25, 0.3) is 5.91 Å². The van der Waals surface area contributed by atoms with Crippen molar-refractivity contribution >= 4 is 22.9 Å². The molecule has 0 unspecified atom stereocenters. The molecule has 0 fully saturated rings. The summed E-state index contributed by atoms with van der Waals surface area (Å²) in [4.78, 5) is 16.9. The van der Waals surface area contributed by atoms with E-state index in [4.69, 9.17) is 4.74 Å². The van der Waals surface area contributed by atoms with Gasteiger partial charge in [0.05, 0.1) is 16.8 Å². The molecule has 1 aliphatic heterocycles. The van der Waals surface area contributed by atoms with Gasteiger partial charge in [0.2, 0.25) is 0 Å². The molecule has 1 amide bonds. The van der Waals surface area contributed by atoms with Crippen molar-refractivity contribution in [2.45, 2.75) is 38.8 Å². The Hall–Kier alpha value is -3.59. The van der Waals surface area contributed by atoms with Gasteiger partial charge in [-0.1, -0.05) is 6.42 Å². The van der Waals surface area contributed by atoms with Gasteiger partial charge in [-0.2, -0.15) is 0 Å². The predicted molar refractivity (Wildman–Crippen MR) is 124 cm³/mol. The van der Waals surface area contributed by atoms with E-state index in [1.807, 2.05) is 9.95 Å². The molecule has 0 radical (unpaired) electrons. The summed E-state index contributed by atoms with van der Waals surface area (Å²) in [6.07, 6.45) is 4.04. The van der Waals surface area contributed by atoms with Gasteiger partial charge in [0, 0.05) is 29.6 Å². The van der Waals surface area contributed by atoms with Gasteiger partial charge in [0.1, 0.15) is 24.0 Å². The number of hydrogen-bond donors (Lipinski definition) is 1. The lowest BCUT2D eigenvalue weighted by Gasteiger charge is -2.11. The van der Waals surface area contributed by atoms with Crippen LogP contribution < -0.4 is 10.1 Å². The fourth-order valence-electron chi connectivity index (χ4n) is 3.83. The molecule has 0 bridgehead atoms. The maximum absolute atomic E-state index is 14.7. The molecule has 1 aliphatic rings. The Balaban J connectivity index is 1.30. The number of anilines is 1. The number of hydrogen-bond acceptors (Lipinski definition) is 6. The molecule has 5 rings (SSSR count). The van der Waals surface area contributed by atoms with Crippen LogP contribution in [0, 0.1) is 5.82 Å². The number of aromatic nitrogens is 4. The number of aryl methyl sites for hydroxylation is 1. The standard InChI is InChI=1S/C24H22FN5O2S/c25-21-10-7-17(12-20(21)23-29-28-22-4-2-1-3-11-30(22)23)27-24(31)16-5-8-19(9-6-16)32-13-18-14-33-15-26-18/h5-10,12,14-15H,1-4,11,13H2,(H,27,31). The van der Waals surface area contributed by atoms with E-state index < -0.39 is 5.82 Å². The van der Waals surface area contributed by atoms with Gasteiger partial charge >= 0.3 is 0 Å². The number of nitrogens with zero attached hydrogens (tertiary/aromatic N) is 4. The summed E-state index contributed by atoms with van der Waals surface area (Å²) in [5.41, 5.74) is 3.91. The van der Waals surface area contributed by atoms with Crippen molar-refractivity contribution < 1.29 is 13.9 Å². The van der Waals surface area contributed by atoms with Crippen LogP contribution in [-0.4, -0.2) is 25.7 Å². The first-order valence-corrected chi connectivity index (χ1v) is 11.7. The Labute approximate surface area is 194 Å². The lowest BCUT2D eigenvalue weighted by atomic mass is 10.1. The van der Waals surface area contributed by atoms with Crippen LogP contribution in [-0.2, 0) is 19.6 Å². The molecule has 33 heavy (non-hydrogen) atoms. The molecular weight excluding hydrogens is 441 g/mol. The summed E-state index contributed by atoms with van der Waals surface area (Å²) in [5.74, 6) is 1.35. The molecule has 0 spiro atoms. The monoisotopic (exact) mass is 463 g/mol. The molecule has 168 valence electrons. The predicted octanol–water partition coefficient (Wildman–Crippen LogP) is 5.10. The van der Waals surface area contributed by atoms with Crippen LogP contribution in [0.2, 0.25) is 0 Å². The summed E-state index contributed by atoms with van der Waals surface area (Å²) < 4.78 is 22.3. The highest BCUT2D eigenvalue weighted by atomic mass is 32.1. The summed E-state index contributed by atoms with van der Waals surface area (Å²) in [7, 11) is 0. The first kappa shape index (κ1) is 21.3. The smallest absolute Gasteiger partial charge is 0.255 e. The highest BCUT2D eigenvalue weighted by molar-refractivity contribution is 7.07. The molecule has 3 heterocycles. The molecule has 0 aliphatic carbocycles. The third kappa shape index (κ3) is 4.78. The maximum atomic E-state index is 14.7. The summed E-state index contributed by atoms with van der Waals surface area (Å²) >= 11 is 1.51. The van der Waals surface area contributed by atoms with Crippen LogP contribution in [0.25, 0.3) is 11.4 Å².